The van der Waals surface area contributed by atoms with Crippen LogP contribution in [0.3, 0.4) is 0 Å². The van der Waals surface area contributed by atoms with Gasteiger partial charge in [0, 0.05) is 5.41 Å². The first-order valence-corrected chi connectivity index (χ1v) is 13.9. The second-order valence-corrected chi connectivity index (χ2v) is 14.4. The zero-order chi connectivity index (χ0) is 24.9. The Morgan fingerprint density at radius 2 is 1.62 bits per heavy atom. The van der Waals surface area contributed by atoms with E-state index in [1.807, 2.05) is 0 Å². The topological polar surface area (TPSA) is 69.9 Å². The number of oxime groups is 1. The summed E-state index contributed by atoms with van der Waals surface area (Å²) in [7, 11) is 0. The Kier molecular flexibility index (Phi) is 5.27. The molecule has 0 heterocycles. The van der Waals surface area contributed by atoms with Gasteiger partial charge in [-0.15, -0.1) is 0 Å². The molecule has 4 heteroatoms. The highest BCUT2D eigenvalue weighted by Crippen LogP contribution is 2.77. The predicted molar refractivity (Wildman–Crippen MR) is 136 cm³/mol. The SMILES string of the molecule is C=C(C)[C@@H]1CC[C@]2(C(=O)O)CC[C@]3(C)[C@@H](CC[C@@H]4[C@@]5(C)CC/C(=N\O)C(C)(C)[C@@H]5CC[C@]43C)[C@H]12. The molecular formula is C30H47NO3. The Bertz CT molecular complexity index is 937. The molecule has 34 heavy (non-hydrogen) atoms. The van der Waals surface area contributed by atoms with Crippen LogP contribution in [0, 0.1) is 56.7 Å². The Hall–Kier alpha value is -1.32. The third kappa shape index (κ3) is 2.72. The number of carbonyl (C=O) groups is 1. The van der Waals surface area contributed by atoms with Gasteiger partial charge in [-0.1, -0.05) is 51.9 Å². The van der Waals surface area contributed by atoms with E-state index in [-0.39, 0.29) is 27.6 Å². The number of hydrogen-bond donors (Lipinski definition) is 2. The van der Waals surface area contributed by atoms with E-state index in [1.165, 1.54) is 24.8 Å². The van der Waals surface area contributed by atoms with E-state index < -0.39 is 11.4 Å². The fourth-order valence-electron chi connectivity index (χ4n) is 11.5. The zero-order valence-electron chi connectivity index (χ0n) is 22.4. The monoisotopic (exact) mass is 469 g/mol. The molecule has 0 saturated heterocycles. The maximum atomic E-state index is 12.8. The molecule has 5 rings (SSSR count). The lowest BCUT2D eigenvalue weighted by atomic mass is 9.32. The van der Waals surface area contributed by atoms with Crippen LogP contribution in [0.2, 0.25) is 0 Å². The molecule has 0 amide bonds. The molecule has 0 radical (unpaired) electrons. The second-order valence-electron chi connectivity index (χ2n) is 14.4. The smallest absolute Gasteiger partial charge is 0.309 e. The first kappa shape index (κ1) is 24.4. The number of carboxylic acid groups (broad SMARTS) is 1. The average molecular weight is 470 g/mol. The molecule has 2 N–H and O–H groups in total. The number of aliphatic carboxylic acids is 1. The summed E-state index contributed by atoms with van der Waals surface area (Å²) in [4.78, 5) is 12.8. The molecule has 9 atom stereocenters. The minimum Gasteiger partial charge on any atom is -0.481 e. The second kappa shape index (κ2) is 7.35. The van der Waals surface area contributed by atoms with Gasteiger partial charge in [0.25, 0.3) is 0 Å². The first-order chi connectivity index (χ1) is 15.8. The van der Waals surface area contributed by atoms with Crippen LogP contribution in [0.15, 0.2) is 17.3 Å². The Balaban J connectivity index is 1.56. The molecule has 4 nitrogen and oxygen atoms in total. The van der Waals surface area contributed by atoms with Crippen molar-refractivity contribution in [3.63, 3.8) is 0 Å². The summed E-state index contributed by atoms with van der Waals surface area (Å²) in [5.74, 6) is 1.69. The van der Waals surface area contributed by atoms with Crippen LogP contribution in [0.25, 0.3) is 0 Å². The minimum absolute atomic E-state index is 0.0671. The van der Waals surface area contributed by atoms with E-state index in [1.54, 1.807) is 0 Å². The molecule has 0 bridgehead atoms. The summed E-state index contributed by atoms with van der Waals surface area (Å²) in [5, 5.41) is 24.0. The van der Waals surface area contributed by atoms with Crippen LogP contribution in [0.4, 0.5) is 0 Å². The third-order valence-electron chi connectivity index (χ3n) is 13.4. The van der Waals surface area contributed by atoms with Gasteiger partial charge in [0.15, 0.2) is 0 Å². The van der Waals surface area contributed by atoms with Crippen LogP contribution < -0.4 is 0 Å². The number of rotatable bonds is 2. The molecular weight excluding hydrogens is 422 g/mol. The van der Waals surface area contributed by atoms with Crippen molar-refractivity contribution in [2.45, 2.75) is 106 Å². The Morgan fingerprint density at radius 3 is 2.24 bits per heavy atom. The highest BCUT2D eigenvalue weighted by molar-refractivity contribution is 5.90. The van der Waals surface area contributed by atoms with Crippen molar-refractivity contribution >= 4 is 11.7 Å². The van der Waals surface area contributed by atoms with E-state index in [0.717, 1.165) is 50.7 Å². The lowest BCUT2D eigenvalue weighted by Crippen LogP contribution is -2.66. The van der Waals surface area contributed by atoms with Crippen molar-refractivity contribution in [2.75, 3.05) is 0 Å². The Morgan fingerprint density at radius 1 is 0.912 bits per heavy atom. The van der Waals surface area contributed by atoms with E-state index in [4.69, 9.17) is 0 Å². The van der Waals surface area contributed by atoms with Crippen molar-refractivity contribution < 1.29 is 15.1 Å². The van der Waals surface area contributed by atoms with Gasteiger partial charge >= 0.3 is 5.97 Å². The van der Waals surface area contributed by atoms with Crippen molar-refractivity contribution in [1.82, 2.24) is 0 Å². The highest BCUT2D eigenvalue weighted by Gasteiger charge is 2.71. The molecule has 5 aliphatic carbocycles. The molecule has 5 saturated carbocycles. The fraction of sp³-hybridized carbons (Fsp3) is 0.867. The first-order valence-electron chi connectivity index (χ1n) is 13.9. The molecule has 0 aromatic carbocycles. The van der Waals surface area contributed by atoms with Crippen LogP contribution >= 0.6 is 0 Å². The van der Waals surface area contributed by atoms with Crippen LogP contribution in [0.1, 0.15) is 106 Å². The van der Waals surface area contributed by atoms with Crippen molar-refractivity contribution in [2.24, 2.45) is 61.8 Å². The maximum Gasteiger partial charge on any atom is 0.309 e. The molecule has 190 valence electrons. The highest BCUT2D eigenvalue weighted by atomic mass is 16.4. The van der Waals surface area contributed by atoms with Crippen molar-refractivity contribution in [1.29, 1.82) is 0 Å². The number of carboxylic acids is 1. The average Bonchev–Trinajstić information content (AvgIpc) is 3.15. The summed E-state index contributed by atoms with van der Waals surface area (Å²) in [6.07, 6.45) is 10.5. The van der Waals surface area contributed by atoms with E-state index in [0.29, 0.717) is 23.7 Å². The molecule has 5 aliphatic rings. The summed E-state index contributed by atoms with van der Waals surface area (Å²) >= 11 is 0. The molecule has 0 aromatic heterocycles. The van der Waals surface area contributed by atoms with Crippen LogP contribution in [-0.2, 0) is 4.79 Å². The summed E-state index contributed by atoms with van der Waals surface area (Å²) in [6, 6.07) is 0. The van der Waals surface area contributed by atoms with E-state index in [2.05, 4.69) is 53.3 Å². The number of hydrogen-bond acceptors (Lipinski definition) is 3. The minimum atomic E-state index is -0.545. The van der Waals surface area contributed by atoms with E-state index >= 15 is 0 Å². The predicted octanol–water partition coefficient (Wildman–Crippen LogP) is 7.56. The largest absolute Gasteiger partial charge is 0.481 e. The van der Waals surface area contributed by atoms with Gasteiger partial charge in [0.2, 0.25) is 0 Å². The van der Waals surface area contributed by atoms with Gasteiger partial charge in [-0.25, -0.2) is 0 Å². The fourth-order valence-corrected chi connectivity index (χ4v) is 11.5. The molecule has 0 unspecified atom stereocenters. The third-order valence-corrected chi connectivity index (χ3v) is 13.4. The maximum absolute atomic E-state index is 12.8. The number of allylic oxidation sites excluding steroid dienone is 1. The molecule has 0 aromatic rings. The normalized spacial score (nSPS) is 52.8. The number of nitrogens with zero attached hydrogens (tertiary/aromatic N) is 1. The van der Waals surface area contributed by atoms with Gasteiger partial charge in [-0.2, -0.15) is 0 Å². The van der Waals surface area contributed by atoms with Gasteiger partial charge in [0.1, 0.15) is 0 Å². The zero-order valence-corrected chi connectivity index (χ0v) is 22.4. The molecule has 0 spiro atoms. The van der Waals surface area contributed by atoms with Crippen molar-refractivity contribution in [3.05, 3.63) is 12.2 Å². The number of fused-ring (bicyclic) bond motifs is 7. The van der Waals surface area contributed by atoms with E-state index in [9.17, 15) is 15.1 Å². The lowest BCUT2D eigenvalue weighted by Gasteiger charge is -2.72. The van der Waals surface area contributed by atoms with Crippen LogP contribution in [-0.4, -0.2) is 22.0 Å². The Labute approximate surface area is 206 Å². The lowest BCUT2D eigenvalue weighted by molar-refractivity contribution is -0.230. The van der Waals surface area contributed by atoms with Gasteiger partial charge in [-0.05, 0) is 117 Å². The molecule has 0 aliphatic heterocycles. The van der Waals surface area contributed by atoms with Crippen molar-refractivity contribution in [3.8, 4) is 0 Å². The van der Waals surface area contributed by atoms with Gasteiger partial charge < -0.3 is 10.3 Å². The molecule has 5 fully saturated rings. The summed E-state index contributed by atoms with van der Waals surface area (Å²) in [5.41, 5.74) is 2.20. The quantitative estimate of drug-likeness (QED) is 0.249. The van der Waals surface area contributed by atoms with Crippen LogP contribution in [0.5, 0.6) is 0 Å². The summed E-state index contributed by atoms with van der Waals surface area (Å²) in [6.45, 7) is 18.8. The summed E-state index contributed by atoms with van der Waals surface area (Å²) < 4.78 is 0. The van der Waals surface area contributed by atoms with Gasteiger partial charge in [-0.3, -0.25) is 4.79 Å². The van der Waals surface area contributed by atoms with Gasteiger partial charge in [0.05, 0.1) is 11.1 Å². The standard InChI is InChI=1S/C30H47NO3/c1-18(2)19-10-15-30(25(32)33)17-16-28(6)20(24(19)30)8-9-22-27(5)13-12-23(31-34)26(3,4)21(27)11-14-29(22,28)7/h19-22,24,34H,1,8-17H2,2-7H3,(H,32,33)/b31-23+/t19-,20-,21-,22+,24-,27-,28+,29+,30-/m0/s1.